The molecule has 4 rings (SSSR count). The van der Waals surface area contributed by atoms with Crippen LogP contribution in [0, 0.1) is 13.8 Å². The molecule has 1 aliphatic heterocycles. The Bertz CT molecular complexity index is 997. The van der Waals surface area contributed by atoms with Gasteiger partial charge in [0.15, 0.2) is 10.8 Å². The number of carbonyl (C=O) groups is 1. The van der Waals surface area contributed by atoms with E-state index in [1.807, 2.05) is 25.1 Å². The molecule has 1 aliphatic rings. The summed E-state index contributed by atoms with van der Waals surface area (Å²) in [5.74, 6) is 0.261. The number of nitrogens with one attached hydrogen (secondary N) is 1. The van der Waals surface area contributed by atoms with Crippen LogP contribution in [0.2, 0.25) is 0 Å². The molecule has 0 atom stereocenters. The minimum absolute atomic E-state index is 0.0409. The minimum Gasteiger partial charge on any atom is -0.348 e. The molecule has 0 bridgehead atoms. The Hall–Kier alpha value is -2.19. The van der Waals surface area contributed by atoms with E-state index >= 15 is 0 Å². The molecule has 1 saturated heterocycles. The van der Waals surface area contributed by atoms with E-state index in [4.69, 9.17) is 0 Å². The molecule has 0 radical (unpaired) electrons. The van der Waals surface area contributed by atoms with Crippen molar-refractivity contribution >= 4 is 50.2 Å². The van der Waals surface area contributed by atoms with Crippen LogP contribution >= 0.6 is 23.1 Å². The van der Waals surface area contributed by atoms with Crippen LogP contribution in [-0.4, -0.2) is 39.7 Å². The lowest BCUT2D eigenvalue weighted by Gasteiger charge is -2.25. The molecule has 0 saturated carbocycles. The Balaban J connectivity index is 1.44. The van der Waals surface area contributed by atoms with Crippen LogP contribution in [0.1, 0.15) is 30.4 Å². The van der Waals surface area contributed by atoms with Crippen LogP contribution in [0.15, 0.2) is 29.6 Å². The zero-order valence-corrected chi connectivity index (χ0v) is 17.7. The second-order valence-electron chi connectivity index (χ2n) is 7.01. The van der Waals surface area contributed by atoms with E-state index in [0.717, 1.165) is 44.8 Å². The normalized spacial score (nSPS) is 14.4. The maximum absolute atomic E-state index is 12.4. The third kappa shape index (κ3) is 4.28. The van der Waals surface area contributed by atoms with Gasteiger partial charge in [0.1, 0.15) is 16.1 Å². The molecule has 0 spiro atoms. The summed E-state index contributed by atoms with van der Waals surface area (Å²) in [6, 6.07) is 5.95. The quantitative estimate of drug-likeness (QED) is 0.493. The number of carbonyl (C=O) groups excluding carboxylic acids is 1. The van der Waals surface area contributed by atoms with E-state index in [1.54, 1.807) is 11.3 Å². The minimum atomic E-state index is -0.0409. The number of aromatic nitrogens is 3. The van der Waals surface area contributed by atoms with E-state index in [2.05, 4.69) is 32.1 Å². The van der Waals surface area contributed by atoms with Crippen LogP contribution in [-0.2, 0) is 4.79 Å². The number of rotatable bonds is 5. The molecule has 1 amide bonds. The van der Waals surface area contributed by atoms with Gasteiger partial charge in [0, 0.05) is 18.8 Å². The van der Waals surface area contributed by atoms with Gasteiger partial charge in [-0.2, -0.15) is 4.98 Å². The fraction of sp³-hybridized carbons (Fsp3) is 0.400. The summed E-state index contributed by atoms with van der Waals surface area (Å²) in [7, 11) is 0. The highest BCUT2D eigenvalue weighted by atomic mass is 32.2. The van der Waals surface area contributed by atoms with Crippen molar-refractivity contribution in [2.75, 3.05) is 29.1 Å². The van der Waals surface area contributed by atoms with Gasteiger partial charge in [0.05, 0.1) is 5.75 Å². The molecule has 28 heavy (non-hydrogen) atoms. The molecule has 3 heterocycles. The van der Waals surface area contributed by atoms with Crippen molar-refractivity contribution in [1.29, 1.82) is 0 Å². The average molecular weight is 414 g/mol. The Morgan fingerprint density at radius 2 is 2.00 bits per heavy atom. The van der Waals surface area contributed by atoms with Gasteiger partial charge in [-0.25, -0.2) is 9.97 Å². The van der Waals surface area contributed by atoms with Crippen molar-refractivity contribution in [1.82, 2.24) is 15.0 Å². The summed E-state index contributed by atoms with van der Waals surface area (Å²) in [6.45, 7) is 6.20. The van der Waals surface area contributed by atoms with Crippen molar-refractivity contribution < 1.29 is 4.79 Å². The lowest BCUT2D eigenvalue weighted by molar-refractivity contribution is -0.113. The van der Waals surface area contributed by atoms with Crippen molar-refractivity contribution in [3.05, 3.63) is 35.7 Å². The summed E-state index contributed by atoms with van der Waals surface area (Å²) in [6.07, 6.45) is 5.24. The lowest BCUT2D eigenvalue weighted by atomic mass is 10.1. The number of thiazole rings is 1. The van der Waals surface area contributed by atoms with Gasteiger partial charge in [-0.05, 0) is 56.4 Å². The molecule has 146 valence electrons. The number of nitrogens with zero attached hydrogens (tertiary/aromatic N) is 4. The van der Waals surface area contributed by atoms with Gasteiger partial charge in [0.25, 0.3) is 0 Å². The Morgan fingerprint density at radius 3 is 2.79 bits per heavy atom. The first-order valence-corrected chi connectivity index (χ1v) is 11.3. The molecule has 0 aliphatic carbocycles. The SMILES string of the molecule is Cc1ccc(NC(=O)CSc2ncnc3nc(N4CCCCC4)sc23)cc1C. The first-order chi connectivity index (χ1) is 13.6. The Morgan fingerprint density at radius 1 is 1.18 bits per heavy atom. The molecule has 8 heteroatoms. The first kappa shape index (κ1) is 19.1. The summed E-state index contributed by atoms with van der Waals surface area (Å²) < 4.78 is 0.965. The molecule has 1 fully saturated rings. The van der Waals surface area contributed by atoms with Crippen molar-refractivity contribution in [3.63, 3.8) is 0 Å². The van der Waals surface area contributed by atoms with Crippen molar-refractivity contribution in [2.24, 2.45) is 0 Å². The van der Waals surface area contributed by atoms with Gasteiger partial charge >= 0.3 is 0 Å². The van der Waals surface area contributed by atoms with E-state index in [9.17, 15) is 4.79 Å². The number of anilines is 2. The van der Waals surface area contributed by atoms with Gasteiger partial charge in [-0.15, -0.1) is 0 Å². The number of thioether (sulfide) groups is 1. The van der Waals surface area contributed by atoms with E-state index in [0.29, 0.717) is 5.75 Å². The third-order valence-corrected chi connectivity index (χ3v) is 7.14. The lowest BCUT2D eigenvalue weighted by Crippen LogP contribution is -2.29. The van der Waals surface area contributed by atoms with E-state index in [1.165, 1.54) is 42.9 Å². The monoisotopic (exact) mass is 413 g/mol. The smallest absolute Gasteiger partial charge is 0.234 e. The van der Waals surface area contributed by atoms with Crippen molar-refractivity contribution in [3.8, 4) is 0 Å². The zero-order valence-electron chi connectivity index (χ0n) is 16.1. The number of benzene rings is 1. The van der Waals surface area contributed by atoms with Gasteiger partial charge in [0.2, 0.25) is 5.91 Å². The molecule has 6 nitrogen and oxygen atoms in total. The predicted octanol–water partition coefficient (Wildman–Crippen LogP) is 4.42. The molecular weight excluding hydrogens is 390 g/mol. The highest BCUT2D eigenvalue weighted by Crippen LogP contribution is 2.34. The van der Waals surface area contributed by atoms with Crippen LogP contribution < -0.4 is 10.2 Å². The second-order valence-corrected chi connectivity index (χ2v) is 8.95. The van der Waals surface area contributed by atoms with Crippen LogP contribution in [0.25, 0.3) is 10.3 Å². The fourth-order valence-electron chi connectivity index (χ4n) is 3.20. The topological polar surface area (TPSA) is 71.0 Å². The first-order valence-electron chi connectivity index (χ1n) is 9.46. The molecule has 2 aromatic heterocycles. The molecule has 1 N–H and O–H groups in total. The largest absolute Gasteiger partial charge is 0.348 e. The molecule has 0 unspecified atom stereocenters. The second kappa shape index (κ2) is 8.45. The number of hydrogen-bond acceptors (Lipinski definition) is 7. The van der Waals surface area contributed by atoms with Crippen LogP contribution in [0.3, 0.4) is 0 Å². The molecular formula is C20H23N5OS2. The molecule has 1 aromatic carbocycles. The summed E-state index contributed by atoms with van der Waals surface area (Å²) >= 11 is 3.06. The standard InChI is InChI=1S/C20H23N5OS2/c1-13-6-7-15(10-14(13)2)23-16(26)11-27-19-17-18(21-12-22-19)24-20(28-17)25-8-4-3-5-9-25/h6-7,10,12H,3-5,8-9,11H2,1-2H3,(H,23,26). The Kier molecular flexibility index (Phi) is 5.77. The number of hydrogen-bond donors (Lipinski definition) is 1. The number of aryl methyl sites for hydroxylation is 2. The fourth-order valence-corrected chi connectivity index (χ4v) is 5.14. The summed E-state index contributed by atoms with van der Waals surface area (Å²) in [4.78, 5) is 28.1. The number of amides is 1. The Labute approximate surface area is 172 Å². The average Bonchev–Trinajstić information content (AvgIpc) is 3.15. The number of fused-ring (bicyclic) bond motifs is 1. The highest BCUT2D eigenvalue weighted by molar-refractivity contribution is 8.00. The summed E-state index contributed by atoms with van der Waals surface area (Å²) in [5, 5.41) is 4.79. The predicted molar refractivity (Wildman–Crippen MR) is 117 cm³/mol. The van der Waals surface area contributed by atoms with Crippen LogP contribution in [0.5, 0.6) is 0 Å². The van der Waals surface area contributed by atoms with Gasteiger partial charge < -0.3 is 10.2 Å². The number of piperidine rings is 1. The van der Waals surface area contributed by atoms with Crippen LogP contribution in [0.4, 0.5) is 10.8 Å². The van der Waals surface area contributed by atoms with E-state index in [-0.39, 0.29) is 5.91 Å². The van der Waals surface area contributed by atoms with Gasteiger partial charge in [-0.3, -0.25) is 4.79 Å². The molecule has 3 aromatic rings. The maximum Gasteiger partial charge on any atom is 0.234 e. The zero-order chi connectivity index (χ0) is 19.5. The maximum atomic E-state index is 12.4. The highest BCUT2D eigenvalue weighted by Gasteiger charge is 2.18. The summed E-state index contributed by atoms with van der Waals surface area (Å²) in [5.41, 5.74) is 3.92. The third-order valence-electron chi connectivity index (χ3n) is 4.90. The van der Waals surface area contributed by atoms with E-state index < -0.39 is 0 Å². The van der Waals surface area contributed by atoms with Crippen molar-refractivity contribution in [2.45, 2.75) is 38.1 Å². The van der Waals surface area contributed by atoms with Gasteiger partial charge in [-0.1, -0.05) is 29.2 Å².